The summed E-state index contributed by atoms with van der Waals surface area (Å²) < 4.78 is 0. The fraction of sp³-hybridized carbons (Fsp3) is 0.286. The van der Waals surface area contributed by atoms with Crippen molar-refractivity contribution in [2.24, 2.45) is 0 Å². The Morgan fingerprint density at radius 3 is 2.63 bits per heavy atom. The molecule has 0 aliphatic carbocycles. The first kappa shape index (κ1) is 13.5. The summed E-state index contributed by atoms with van der Waals surface area (Å²) in [4.78, 5) is 17.5. The van der Waals surface area contributed by atoms with Crippen molar-refractivity contribution in [3.8, 4) is 0 Å². The number of carbonyl (C=O) groups excluding carboxylic acids is 1. The smallest absolute Gasteiger partial charge is 0.251 e. The van der Waals surface area contributed by atoms with Gasteiger partial charge in [-0.2, -0.15) is 0 Å². The third-order valence-electron chi connectivity index (χ3n) is 2.79. The summed E-state index contributed by atoms with van der Waals surface area (Å²) in [6.45, 7) is 2.58. The molecular formula is C14H17N3OS. The first-order valence-corrected chi connectivity index (χ1v) is 7.04. The number of aryl methyl sites for hydroxylation is 1. The summed E-state index contributed by atoms with van der Waals surface area (Å²) in [5.41, 5.74) is 1.65. The number of nitrogens with one attached hydrogen (secondary N) is 2. The molecule has 0 radical (unpaired) electrons. The Hall–Kier alpha value is -1.88. The van der Waals surface area contributed by atoms with Gasteiger partial charge in [0.2, 0.25) is 0 Å². The minimum atomic E-state index is -0.0732. The molecule has 19 heavy (non-hydrogen) atoms. The highest BCUT2D eigenvalue weighted by Crippen LogP contribution is 2.13. The van der Waals surface area contributed by atoms with Gasteiger partial charge in [-0.1, -0.05) is 6.92 Å². The van der Waals surface area contributed by atoms with E-state index in [1.807, 2.05) is 25.4 Å². The lowest BCUT2D eigenvalue weighted by atomic mass is 10.2. The number of aromatic nitrogens is 1. The second-order valence-electron chi connectivity index (χ2n) is 4.08. The van der Waals surface area contributed by atoms with E-state index in [2.05, 4.69) is 22.5 Å². The molecule has 4 nitrogen and oxygen atoms in total. The molecular weight excluding hydrogens is 258 g/mol. The number of hydrogen-bond acceptors (Lipinski definition) is 4. The van der Waals surface area contributed by atoms with Crippen LogP contribution in [-0.4, -0.2) is 17.9 Å². The fourth-order valence-corrected chi connectivity index (χ4v) is 2.44. The summed E-state index contributed by atoms with van der Waals surface area (Å²) in [7, 11) is 1.85. The average Bonchev–Trinajstić information content (AvgIpc) is 2.93. The van der Waals surface area contributed by atoms with Crippen LogP contribution in [0.2, 0.25) is 0 Å². The number of anilines is 1. The van der Waals surface area contributed by atoms with E-state index < -0.39 is 0 Å². The number of carbonyl (C=O) groups is 1. The fourth-order valence-electron chi connectivity index (χ4n) is 1.64. The zero-order valence-electron chi connectivity index (χ0n) is 11.1. The summed E-state index contributed by atoms with van der Waals surface area (Å²) in [6.07, 6.45) is 2.85. The quantitative estimate of drug-likeness (QED) is 0.882. The molecule has 0 fully saturated rings. The van der Waals surface area contributed by atoms with Crippen LogP contribution in [0.1, 0.15) is 27.2 Å². The van der Waals surface area contributed by atoms with Gasteiger partial charge < -0.3 is 10.6 Å². The molecule has 1 aromatic carbocycles. The van der Waals surface area contributed by atoms with E-state index in [4.69, 9.17) is 0 Å². The Morgan fingerprint density at radius 2 is 2.05 bits per heavy atom. The van der Waals surface area contributed by atoms with E-state index in [1.165, 1.54) is 4.88 Å². The molecule has 0 bridgehead atoms. The van der Waals surface area contributed by atoms with Gasteiger partial charge in [-0.05, 0) is 30.7 Å². The summed E-state index contributed by atoms with van der Waals surface area (Å²) in [5, 5.41) is 6.84. The topological polar surface area (TPSA) is 54.0 Å². The van der Waals surface area contributed by atoms with E-state index >= 15 is 0 Å². The molecule has 2 N–H and O–H groups in total. The summed E-state index contributed by atoms with van der Waals surface area (Å²) >= 11 is 1.64. The summed E-state index contributed by atoms with van der Waals surface area (Å²) in [5.74, 6) is -0.0732. The molecule has 0 spiro atoms. The minimum absolute atomic E-state index is 0.0732. The first-order chi connectivity index (χ1) is 9.22. The minimum Gasteiger partial charge on any atom is -0.388 e. The van der Waals surface area contributed by atoms with Gasteiger partial charge in [-0.3, -0.25) is 4.79 Å². The van der Waals surface area contributed by atoms with Crippen LogP contribution in [-0.2, 0) is 13.0 Å². The lowest BCUT2D eigenvalue weighted by Crippen LogP contribution is -2.22. The third kappa shape index (κ3) is 3.54. The zero-order valence-corrected chi connectivity index (χ0v) is 11.9. The van der Waals surface area contributed by atoms with Gasteiger partial charge in [0.05, 0.1) is 6.54 Å². The highest BCUT2D eigenvalue weighted by molar-refractivity contribution is 7.11. The van der Waals surface area contributed by atoms with Crippen LogP contribution in [0.25, 0.3) is 0 Å². The van der Waals surface area contributed by atoms with Crippen molar-refractivity contribution in [3.63, 3.8) is 0 Å². The molecule has 2 aromatic rings. The molecule has 5 heteroatoms. The van der Waals surface area contributed by atoms with Crippen molar-refractivity contribution in [2.45, 2.75) is 19.9 Å². The normalized spacial score (nSPS) is 10.2. The highest BCUT2D eigenvalue weighted by Gasteiger charge is 2.06. The van der Waals surface area contributed by atoms with Crippen LogP contribution in [0.5, 0.6) is 0 Å². The molecule has 0 unspecified atom stereocenters. The Balaban J connectivity index is 1.93. The van der Waals surface area contributed by atoms with Crippen molar-refractivity contribution < 1.29 is 4.79 Å². The molecule has 100 valence electrons. The average molecular weight is 275 g/mol. The number of nitrogens with zero attached hydrogens (tertiary/aromatic N) is 1. The Bertz CT molecular complexity index is 548. The van der Waals surface area contributed by atoms with Crippen molar-refractivity contribution in [1.82, 2.24) is 10.3 Å². The molecule has 0 saturated carbocycles. The number of amides is 1. The number of hydrogen-bond donors (Lipinski definition) is 2. The second-order valence-corrected chi connectivity index (χ2v) is 5.28. The van der Waals surface area contributed by atoms with E-state index in [0.717, 1.165) is 17.1 Å². The van der Waals surface area contributed by atoms with Crippen LogP contribution in [0.4, 0.5) is 5.69 Å². The Labute approximate surface area is 116 Å². The molecule has 2 rings (SSSR count). The SMILES string of the molecule is CCc1cnc(CNC(=O)c2ccc(NC)cc2)s1. The lowest BCUT2D eigenvalue weighted by molar-refractivity contribution is 0.0951. The summed E-state index contributed by atoms with van der Waals surface area (Å²) in [6, 6.07) is 7.38. The van der Waals surface area contributed by atoms with E-state index in [1.54, 1.807) is 23.5 Å². The van der Waals surface area contributed by atoms with E-state index in [-0.39, 0.29) is 5.91 Å². The highest BCUT2D eigenvalue weighted by atomic mass is 32.1. The molecule has 0 atom stereocenters. The Kier molecular flexibility index (Phi) is 4.52. The van der Waals surface area contributed by atoms with Gasteiger partial charge in [0, 0.05) is 29.4 Å². The van der Waals surface area contributed by atoms with Gasteiger partial charge in [-0.15, -0.1) is 11.3 Å². The number of thiazole rings is 1. The zero-order chi connectivity index (χ0) is 13.7. The monoisotopic (exact) mass is 275 g/mol. The van der Waals surface area contributed by atoms with Gasteiger partial charge in [0.25, 0.3) is 5.91 Å². The molecule has 1 heterocycles. The predicted octanol–water partition coefficient (Wildman–Crippen LogP) is 2.68. The van der Waals surface area contributed by atoms with Crippen LogP contribution in [0.3, 0.4) is 0 Å². The molecule has 0 aliphatic heterocycles. The maximum absolute atomic E-state index is 11.9. The van der Waals surface area contributed by atoms with Crippen LogP contribution in [0, 0.1) is 0 Å². The van der Waals surface area contributed by atoms with Crippen molar-refractivity contribution in [3.05, 3.63) is 45.9 Å². The lowest BCUT2D eigenvalue weighted by Gasteiger charge is -2.04. The van der Waals surface area contributed by atoms with Crippen LogP contribution < -0.4 is 10.6 Å². The van der Waals surface area contributed by atoms with Crippen LogP contribution >= 0.6 is 11.3 Å². The van der Waals surface area contributed by atoms with Gasteiger partial charge in [0.15, 0.2) is 0 Å². The van der Waals surface area contributed by atoms with E-state index in [9.17, 15) is 4.79 Å². The number of benzene rings is 1. The van der Waals surface area contributed by atoms with Crippen LogP contribution in [0.15, 0.2) is 30.5 Å². The van der Waals surface area contributed by atoms with Gasteiger partial charge in [0.1, 0.15) is 5.01 Å². The van der Waals surface area contributed by atoms with Crippen molar-refractivity contribution in [2.75, 3.05) is 12.4 Å². The second kappa shape index (κ2) is 6.33. The first-order valence-electron chi connectivity index (χ1n) is 6.22. The van der Waals surface area contributed by atoms with Gasteiger partial charge in [-0.25, -0.2) is 4.98 Å². The maximum Gasteiger partial charge on any atom is 0.251 e. The van der Waals surface area contributed by atoms with Gasteiger partial charge >= 0.3 is 0 Å². The number of rotatable bonds is 5. The maximum atomic E-state index is 11.9. The molecule has 0 saturated heterocycles. The largest absolute Gasteiger partial charge is 0.388 e. The Morgan fingerprint density at radius 1 is 1.32 bits per heavy atom. The molecule has 1 aromatic heterocycles. The van der Waals surface area contributed by atoms with Crippen molar-refractivity contribution >= 4 is 22.9 Å². The van der Waals surface area contributed by atoms with Crippen molar-refractivity contribution in [1.29, 1.82) is 0 Å². The standard InChI is InChI=1S/C14H17N3OS/c1-3-12-8-16-13(19-12)9-17-14(18)10-4-6-11(15-2)7-5-10/h4-8,15H,3,9H2,1-2H3,(H,17,18). The molecule has 1 amide bonds. The molecule has 0 aliphatic rings. The third-order valence-corrected chi connectivity index (χ3v) is 3.93. The predicted molar refractivity (Wildman–Crippen MR) is 78.7 cm³/mol. The van der Waals surface area contributed by atoms with E-state index in [0.29, 0.717) is 12.1 Å².